The molecule has 1 aromatic rings. The maximum atomic E-state index is 10.7. The van der Waals surface area contributed by atoms with Crippen LogP contribution in [0.2, 0.25) is 0 Å². The molecule has 0 fully saturated rings. The van der Waals surface area contributed by atoms with Gasteiger partial charge < -0.3 is 5.73 Å². The number of rotatable bonds is 4. The van der Waals surface area contributed by atoms with E-state index in [2.05, 4.69) is 25.0 Å². The van der Waals surface area contributed by atoms with E-state index in [-0.39, 0.29) is 11.8 Å². The number of nitrogens with two attached hydrogens (primary N) is 1. The minimum atomic E-state index is -0.212. The van der Waals surface area contributed by atoms with E-state index in [1.807, 2.05) is 25.1 Å². The van der Waals surface area contributed by atoms with E-state index in [0.29, 0.717) is 0 Å². The maximum absolute atomic E-state index is 10.7. The van der Waals surface area contributed by atoms with Crippen molar-refractivity contribution in [2.24, 2.45) is 11.7 Å². The Hall–Kier alpha value is -1.75. The second-order valence-electron chi connectivity index (χ2n) is 3.33. The lowest BCUT2D eigenvalue weighted by Gasteiger charge is -2.06. The maximum Gasteiger partial charge on any atom is 0.220 e. The fraction of sp³-hybridized carbons (Fsp3) is 0.308. The summed E-state index contributed by atoms with van der Waals surface area (Å²) in [7, 11) is 0. The summed E-state index contributed by atoms with van der Waals surface area (Å²) in [6.45, 7) is 1.87. The van der Waals surface area contributed by atoms with Crippen LogP contribution in [0.15, 0.2) is 30.3 Å². The third kappa shape index (κ3) is 5.53. The molecule has 0 spiro atoms. The molecule has 2 N–H and O–H groups in total. The highest BCUT2D eigenvalue weighted by atomic mass is 16.1. The minimum absolute atomic E-state index is 0.0276. The molecule has 0 heterocycles. The van der Waals surface area contributed by atoms with Crippen molar-refractivity contribution in [2.75, 3.05) is 0 Å². The molecule has 0 radical (unpaired) electrons. The first kappa shape index (κ1) is 13.2. The van der Waals surface area contributed by atoms with E-state index in [1.54, 1.807) is 0 Å². The molecule has 0 unspecified atom stereocenters. The van der Waals surface area contributed by atoms with Gasteiger partial charge in [-0.1, -0.05) is 37.3 Å². The van der Waals surface area contributed by atoms with Crippen LogP contribution in [-0.4, -0.2) is 5.91 Å². The van der Waals surface area contributed by atoms with Gasteiger partial charge in [0, 0.05) is 5.92 Å². The van der Waals surface area contributed by atoms with E-state index in [1.165, 1.54) is 5.56 Å². The van der Waals surface area contributed by atoms with Gasteiger partial charge in [0.05, 0.1) is 0 Å². The smallest absolute Gasteiger partial charge is 0.220 e. The summed E-state index contributed by atoms with van der Waals surface area (Å²) >= 11 is 0. The highest BCUT2D eigenvalue weighted by molar-refractivity contribution is 5.76. The van der Waals surface area contributed by atoms with Crippen LogP contribution in [0.1, 0.15) is 18.9 Å². The van der Waals surface area contributed by atoms with Crippen LogP contribution >= 0.6 is 0 Å². The van der Waals surface area contributed by atoms with Gasteiger partial charge in [0.15, 0.2) is 0 Å². The first-order valence-electron chi connectivity index (χ1n) is 4.86. The van der Waals surface area contributed by atoms with Gasteiger partial charge in [-0.05, 0) is 18.4 Å². The van der Waals surface area contributed by atoms with E-state index in [0.717, 1.165) is 12.8 Å². The number of carbonyl (C=O) groups is 1. The van der Waals surface area contributed by atoms with Gasteiger partial charge in [0.1, 0.15) is 0 Å². The van der Waals surface area contributed by atoms with Crippen molar-refractivity contribution in [3.8, 4) is 12.8 Å². The Morgan fingerprint density at radius 2 is 1.87 bits per heavy atom. The zero-order valence-electron chi connectivity index (χ0n) is 9.02. The molecule has 0 saturated heterocycles. The quantitative estimate of drug-likeness (QED) is 0.747. The van der Waals surface area contributed by atoms with Crippen LogP contribution < -0.4 is 5.73 Å². The normalized spacial score (nSPS) is 10.9. The van der Waals surface area contributed by atoms with E-state index >= 15 is 0 Å². The predicted octanol–water partition coefficient (Wildman–Crippen LogP) is 1.99. The van der Waals surface area contributed by atoms with Crippen molar-refractivity contribution in [1.29, 1.82) is 0 Å². The topological polar surface area (TPSA) is 43.1 Å². The van der Waals surface area contributed by atoms with Crippen molar-refractivity contribution in [3.63, 3.8) is 0 Å². The number of amides is 1. The van der Waals surface area contributed by atoms with Gasteiger partial charge >= 0.3 is 0 Å². The molecule has 1 aromatic carbocycles. The Morgan fingerprint density at radius 1 is 1.33 bits per heavy atom. The lowest BCUT2D eigenvalue weighted by Crippen LogP contribution is -2.20. The van der Waals surface area contributed by atoms with Crippen LogP contribution in [0, 0.1) is 18.8 Å². The summed E-state index contributed by atoms with van der Waals surface area (Å²) in [5, 5.41) is 0. The average Bonchev–Trinajstić information content (AvgIpc) is 2.30. The van der Waals surface area contributed by atoms with Crippen LogP contribution in [0.4, 0.5) is 0 Å². The summed E-state index contributed by atoms with van der Waals surface area (Å²) in [5.74, 6) is -0.240. The molecule has 1 atom stereocenters. The molecule has 80 valence electrons. The number of hydrogen-bond acceptors (Lipinski definition) is 1. The number of carbonyl (C=O) groups excluding carboxylic acids is 1. The van der Waals surface area contributed by atoms with E-state index < -0.39 is 0 Å². The highest BCUT2D eigenvalue weighted by Gasteiger charge is 2.07. The standard InChI is InChI=1S/C11H15NO.C2H2/c1-9(11(12)13)7-8-10-5-3-2-4-6-10;1-2/h2-6,9H,7-8H2,1H3,(H2,12,13);1-2H/t9-;/m0./s1. The molecule has 2 nitrogen and oxygen atoms in total. The summed E-state index contributed by atoms with van der Waals surface area (Å²) in [6, 6.07) is 10.1. The molecule has 0 aliphatic rings. The van der Waals surface area contributed by atoms with E-state index in [4.69, 9.17) is 5.73 Å². The summed E-state index contributed by atoms with van der Waals surface area (Å²) in [4.78, 5) is 10.7. The van der Waals surface area contributed by atoms with E-state index in [9.17, 15) is 4.79 Å². The number of hydrogen-bond donors (Lipinski definition) is 1. The van der Waals surface area contributed by atoms with Crippen LogP contribution in [-0.2, 0) is 11.2 Å². The van der Waals surface area contributed by atoms with Crippen molar-refractivity contribution >= 4 is 5.91 Å². The number of aryl methyl sites for hydroxylation is 1. The van der Waals surface area contributed by atoms with Gasteiger partial charge in [-0.15, -0.1) is 12.8 Å². The average molecular weight is 203 g/mol. The number of benzene rings is 1. The summed E-state index contributed by atoms with van der Waals surface area (Å²) in [5.41, 5.74) is 6.42. The SMILES string of the molecule is C#C.C[C@@H](CCc1ccccc1)C(N)=O. The first-order chi connectivity index (χ1) is 7.20. The molecule has 0 aromatic heterocycles. The molecule has 15 heavy (non-hydrogen) atoms. The van der Waals surface area contributed by atoms with Crippen LogP contribution in [0.25, 0.3) is 0 Å². The lowest BCUT2D eigenvalue weighted by molar-refractivity contribution is -0.121. The summed E-state index contributed by atoms with van der Waals surface area (Å²) < 4.78 is 0. The fourth-order valence-electron chi connectivity index (χ4n) is 1.17. The molecular formula is C13H17NO. The Bertz CT molecular complexity index is 303. The number of terminal acetylenes is 1. The zero-order chi connectivity index (χ0) is 11.7. The first-order valence-corrected chi connectivity index (χ1v) is 4.86. The highest BCUT2D eigenvalue weighted by Crippen LogP contribution is 2.08. The van der Waals surface area contributed by atoms with Gasteiger partial charge in [-0.3, -0.25) is 4.79 Å². The molecule has 1 rings (SSSR count). The van der Waals surface area contributed by atoms with Crippen molar-refractivity contribution in [1.82, 2.24) is 0 Å². The van der Waals surface area contributed by atoms with Crippen LogP contribution in [0.3, 0.4) is 0 Å². The van der Waals surface area contributed by atoms with Crippen molar-refractivity contribution in [3.05, 3.63) is 35.9 Å². The molecule has 2 heteroatoms. The lowest BCUT2D eigenvalue weighted by atomic mass is 10.0. The fourth-order valence-corrected chi connectivity index (χ4v) is 1.17. The number of primary amides is 1. The van der Waals surface area contributed by atoms with Crippen molar-refractivity contribution < 1.29 is 4.79 Å². The molecule has 0 aliphatic heterocycles. The monoisotopic (exact) mass is 203 g/mol. The van der Waals surface area contributed by atoms with Gasteiger partial charge in [-0.25, -0.2) is 0 Å². The van der Waals surface area contributed by atoms with Gasteiger partial charge in [0.2, 0.25) is 5.91 Å². The minimum Gasteiger partial charge on any atom is -0.369 e. The summed E-state index contributed by atoms with van der Waals surface area (Å²) in [6.07, 6.45) is 9.75. The van der Waals surface area contributed by atoms with Gasteiger partial charge in [-0.2, -0.15) is 0 Å². The van der Waals surface area contributed by atoms with Crippen LogP contribution in [0.5, 0.6) is 0 Å². The zero-order valence-corrected chi connectivity index (χ0v) is 9.02. The predicted molar refractivity (Wildman–Crippen MR) is 63.0 cm³/mol. The van der Waals surface area contributed by atoms with Crippen molar-refractivity contribution in [2.45, 2.75) is 19.8 Å². The molecule has 0 aliphatic carbocycles. The molecule has 1 amide bonds. The molecule has 0 bridgehead atoms. The third-order valence-electron chi connectivity index (χ3n) is 2.19. The Labute approximate surface area is 91.5 Å². The Kier molecular flexibility index (Phi) is 6.74. The third-order valence-corrected chi connectivity index (χ3v) is 2.19. The second kappa shape index (κ2) is 7.64. The Morgan fingerprint density at radius 3 is 2.33 bits per heavy atom. The largest absolute Gasteiger partial charge is 0.369 e. The Balaban J connectivity index is 0.000000921. The second-order valence-corrected chi connectivity index (χ2v) is 3.33. The molecular weight excluding hydrogens is 186 g/mol. The van der Waals surface area contributed by atoms with Gasteiger partial charge in [0.25, 0.3) is 0 Å². The molecule has 0 saturated carbocycles.